The summed E-state index contributed by atoms with van der Waals surface area (Å²) >= 11 is 7.40. The first-order chi connectivity index (χ1) is 11.4. The van der Waals surface area contributed by atoms with Crippen LogP contribution in [0.5, 0.6) is 0 Å². The molecule has 0 atom stereocenters. The van der Waals surface area contributed by atoms with Crippen LogP contribution in [-0.2, 0) is 41.7 Å². The Morgan fingerprint density at radius 1 is 0.560 bits per heavy atom. The van der Waals surface area contributed by atoms with Crippen LogP contribution >= 0.6 is 0 Å². The summed E-state index contributed by atoms with van der Waals surface area (Å²) in [7, 11) is 8.97. The molecule has 0 spiro atoms. The molecule has 0 aromatic carbocycles. The van der Waals surface area contributed by atoms with E-state index in [9.17, 15) is 0 Å². The number of nitrogens with zero attached hydrogens (tertiary/aromatic N) is 6. The fraction of sp³-hybridized carbons (Fsp3) is 0.875. The van der Waals surface area contributed by atoms with Gasteiger partial charge in [0.2, 0.25) is 0 Å². The smallest absolute Gasteiger partial charge is 0.696 e. The molecular weight excluding hydrogens is 399 g/mol. The Kier molecular flexibility index (Phi) is 25.7. The number of thiocyanates is 2. The Morgan fingerprint density at radius 2 is 0.720 bits per heavy atom. The molecule has 0 aromatic heterocycles. The monoisotopic (exact) mass is 430 g/mol. The first-order valence-electron chi connectivity index (χ1n) is 8.17. The van der Waals surface area contributed by atoms with Crippen LogP contribution in [0.3, 0.4) is 0 Å². The molecule has 25 heavy (non-hydrogen) atoms. The Morgan fingerprint density at radius 3 is 0.880 bits per heavy atom. The minimum Gasteiger partial charge on any atom is -0.696 e. The molecule has 0 N–H and O–H groups in total. The molecule has 0 saturated carbocycles. The molecule has 1 heterocycles. The van der Waals surface area contributed by atoms with Gasteiger partial charge in [-0.2, -0.15) is 0 Å². The van der Waals surface area contributed by atoms with Gasteiger partial charge in [-0.05, 0) is 67.2 Å². The van der Waals surface area contributed by atoms with E-state index in [1.54, 1.807) is 0 Å². The van der Waals surface area contributed by atoms with Crippen molar-refractivity contribution < 1.29 is 16.5 Å². The Labute approximate surface area is 175 Å². The van der Waals surface area contributed by atoms with Crippen LogP contribution in [0.15, 0.2) is 0 Å². The van der Waals surface area contributed by atoms with Crippen LogP contribution in [0.1, 0.15) is 12.8 Å². The zero-order chi connectivity index (χ0) is 18.8. The summed E-state index contributed by atoms with van der Waals surface area (Å²) in [5.41, 5.74) is 0. The van der Waals surface area contributed by atoms with Crippen molar-refractivity contribution in [3.63, 3.8) is 0 Å². The van der Waals surface area contributed by atoms with Crippen molar-refractivity contribution in [2.75, 3.05) is 80.5 Å². The Bertz CT molecular complexity index is 308. The van der Waals surface area contributed by atoms with Crippen LogP contribution in [0.25, 0.3) is 0 Å². The Balaban J connectivity index is -0.000000606. The maximum Gasteiger partial charge on any atom is 2.00 e. The molecule has 1 aliphatic rings. The van der Waals surface area contributed by atoms with Gasteiger partial charge >= 0.3 is 16.5 Å². The summed E-state index contributed by atoms with van der Waals surface area (Å²) in [6.45, 7) is 9.63. The molecule has 0 bridgehead atoms. The Hall–Kier alpha value is -0.246. The maximum atomic E-state index is 7.13. The van der Waals surface area contributed by atoms with Gasteiger partial charge in [-0.1, -0.05) is 10.8 Å². The van der Waals surface area contributed by atoms with E-state index in [0.29, 0.717) is 0 Å². The molecule has 1 fully saturated rings. The number of likely N-dealkylation sites (N-methyl/N-ethyl adjacent to an activating group) is 4. The standard InChI is InChI=1S/C14H32N4.2CHNS.Ni/c1-15-7-5-8-17(3)13-14-18(4)10-6-9-16(2)12-11-15;2*2-1-3;/h5-14H2,1-4H3;2*3H;/q;;;+2/p-2. The molecule has 1 rings (SSSR count). The van der Waals surface area contributed by atoms with Crippen LogP contribution in [0.4, 0.5) is 0 Å². The molecule has 0 aromatic rings. The van der Waals surface area contributed by atoms with Crippen LogP contribution in [0, 0.1) is 21.3 Å². The summed E-state index contributed by atoms with van der Waals surface area (Å²) in [4.78, 5) is 9.84. The van der Waals surface area contributed by atoms with Crippen molar-refractivity contribution in [1.29, 1.82) is 10.5 Å². The maximum absolute atomic E-state index is 7.13. The van der Waals surface area contributed by atoms with E-state index in [1.807, 2.05) is 0 Å². The predicted molar refractivity (Wildman–Crippen MR) is 105 cm³/mol. The molecule has 0 aliphatic carbocycles. The molecule has 0 radical (unpaired) electrons. The van der Waals surface area contributed by atoms with Crippen molar-refractivity contribution in [1.82, 2.24) is 19.6 Å². The third-order valence-corrected chi connectivity index (χ3v) is 3.89. The third-order valence-electron chi connectivity index (χ3n) is 3.89. The topological polar surface area (TPSA) is 60.5 Å². The van der Waals surface area contributed by atoms with Gasteiger partial charge in [0, 0.05) is 26.2 Å². The zero-order valence-electron chi connectivity index (χ0n) is 15.9. The first-order valence-corrected chi connectivity index (χ1v) is 8.99. The second-order valence-corrected chi connectivity index (χ2v) is 6.47. The molecular formula is C16H32N6NiS2. The van der Waals surface area contributed by atoms with Gasteiger partial charge in [0.25, 0.3) is 0 Å². The van der Waals surface area contributed by atoms with Crippen molar-refractivity contribution in [2.24, 2.45) is 0 Å². The molecule has 6 nitrogen and oxygen atoms in total. The molecule has 9 heteroatoms. The molecule has 1 saturated heterocycles. The summed E-state index contributed by atoms with van der Waals surface area (Å²) in [5, 5.41) is 16.9. The van der Waals surface area contributed by atoms with Crippen molar-refractivity contribution in [3.05, 3.63) is 0 Å². The number of nitriles is 2. The van der Waals surface area contributed by atoms with E-state index in [0.717, 1.165) is 0 Å². The van der Waals surface area contributed by atoms with Gasteiger partial charge in [-0.15, -0.1) is 0 Å². The first kappa shape index (κ1) is 29.5. The molecule has 0 unspecified atom stereocenters. The molecule has 148 valence electrons. The fourth-order valence-electron chi connectivity index (χ4n) is 2.35. The summed E-state index contributed by atoms with van der Waals surface area (Å²) in [6.07, 6.45) is 2.56. The van der Waals surface area contributed by atoms with E-state index in [4.69, 9.17) is 10.5 Å². The second kappa shape index (κ2) is 21.8. The third kappa shape index (κ3) is 23.8. The molecule has 0 amide bonds. The average molecular weight is 431 g/mol. The summed E-state index contributed by atoms with van der Waals surface area (Å²) in [5.74, 6) is 0. The summed E-state index contributed by atoms with van der Waals surface area (Å²) < 4.78 is 0. The van der Waals surface area contributed by atoms with Crippen molar-refractivity contribution >= 4 is 25.3 Å². The van der Waals surface area contributed by atoms with Gasteiger partial charge in [0.05, 0.1) is 0 Å². The molecule has 1 aliphatic heterocycles. The predicted octanol–water partition coefficient (Wildman–Crippen LogP) is 0.534. The van der Waals surface area contributed by atoms with E-state index >= 15 is 0 Å². The zero-order valence-corrected chi connectivity index (χ0v) is 18.5. The minimum atomic E-state index is 0. The van der Waals surface area contributed by atoms with E-state index < -0.39 is 0 Å². The van der Waals surface area contributed by atoms with E-state index in [-0.39, 0.29) is 16.5 Å². The largest absolute Gasteiger partial charge is 2.00 e. The van der Waals surface area contributed by atoms with Gasteiger partial charge in [0.1, 0.15) is 0 Å². The van der Waals surface area contributed by atoms with Crippen LogP contribution in [0.2, 0.25) is 0 Å². The van der Waals surface area contributed by atoms with Crippen molar-refractivity contribution in [3.8, 4) is 10.8 Å². The van der Waals surface area contributed by atoms with E-state index in [1.165, 1.54) is 76.0 Å². The van der Waals surface area contributed by atoms with Gasteiger partial charge < -0.3 is 44.9 Å². The number of hydrogen-bond acceptors (Lipinski definition) is 8. The number of rotatable bonds is 0. The normalized spacial score (nSPS) is 19.3. The average Bonchev–Trinajstić information content (AvgIpc) is 2.52. The quantitative estimate of drug-likeness (QED) is 0.313. The van der Waals surface area contributed by atoms with Gasteiger partial charge in [-0.3, -0.25) is 0 Å². The van der Waals surface area contributed by atoms with Crippen LogP contribution < -0.4 is 0 Å². The van der Waals surface area contributed by atoms with Crippen molar-refractivity contribution in [2.45, 2.75) is 12.8 Å². The van der Waals surface area contributed by atoms with Gasteiger partial charge in [-0.25, -0.2) is 10.5 Å². The van der Waals surface area contributed by atoms with E-state index in [2.05, 4.69) is 73.0 Å². The van der Waals surface area contributed by atoms with Crippen LogP contribution in [-0.4, -0.2) is 100 Å². The minimum absolute atomic E-state index is 0. The second-order valence-electron chi connectivity index (χ2n) is 6.10. The van der Waals surface area contributed by atoms with Gasteiger partial charge in [0.15, 0.2) is 0 Å². The summed E-state index contributed by atoms with van der Waals surface area (Å²) in [6, 6.07) is 0. The SMILES string of the molecule is CN1CCCN(C)CCN(C)CCCN(C)CC1.N#C[S-].N#C[S-].[Ni+2]. The number of hydrogen-bond donors (Lipinski definition) is 0. The fourth-order valence-corrected chi connectivity index (χ4v) is 2.35.